The number of hydrogen-bond donors (Lipinski definition) is 0. The largest absolute Gasteiger partial charge is 0.459 e. The van der Waals surface area contributed by atoms with Gasteiger partial charge in [0.25, 0.3) is 0 Å². The molecule has 0 saturated carbocycles. The number of esters is 2. The fourth-order valence-corrected chi connectivity index (χ4v) is 4.25. The van der Waals surface area contributed by atoms with Gasteiger partial charge in [0, 0.05) is 13.8 Å². The van der Waals surface area contributed by atoms with E-state index in [9.17, 15) is 9.59 Å². The third-order valence-corrected chi connectivity index (χ3v) is 6.09. The standard InChI is InChI=1S/C33H27N3O4/c1-22(37)39-20-28-16-26(24-10-5-3-6-11-24)18-32(34-28)30-14-9-15-31(36-30)33-19-27(25-12-7-4-8-13-25)17-29(35-33)21-40-23(2)38/h3-19H,20-21H2,1-2H3. The highest BCUT2D eigenvalue weighted by molar-refractivity contribution is 5.73. The minimum atomic E-state index is -0.373. The summed E-state index contributed by atoms with van der Waals surface area (Å²) in [6, 6.07) is 33.3. The molecule has 5 aromatic rings. The van der Waals surface area contributed by atoms with Gasteiger partial charge in [-0.1, -0.05) is 66.7 Å². The quantitative estimate of drug-likeness (QED) is 0.207. The van der Waals surface area contributed by atoms with Crippen LogP contribution < -0.4 is 0 Å². The van der Waals surface area contributed by atoms with E-state index in [1.54, 1.807) is 0 Å². The third-order valence-electron chi connectivity index (χ3n) is 6.09. The van der Waals surface area contributed by atoms with Crippen molar-refractivity contribution in [2.24, 2.45) is 0 Å². The second-order valence-electron chi connectivity index (χ2n) is 9.17. The molecule has 7 nitrogen and oxygen atoms in total. The van der Waals surface area contributed by atoms with E-state index in [0.29, 0.717) is 34.2 Å². The number of nitrogens with zero attached hydrogens (tertiary/aromatic N) is 3. The topological polar surface area (TPSA) is 91.3 Å². The Bertz CT molecular complexity index is 1530. The first-order valence-electron chi connectivity index (χ1n) is 12.8. The minimum Gasteiger partial charge on any atom is -0.459 e. The zero-order valence-corrected chi connectivity index (χ0v) is 22.2. The molecule has 0 atom stereocenters. The molecule has 0 radical (unpaired) electrons. The van der Waals surface area contributed by atoms with Crippen LogP contribution >= 0.6 is 0 Å². The molecule has 0 unspecified atom stereocenters. The Morgan fingerprint density at radius 3 is 1.32 bits per heavy atom. The summed E-state index contributed by atoms with van der Waals surface area (Å²) in [4.78, 5) is 37.4. The fourth-order valence-electron chi connectivity index (χ4n) is 4.25. The van der Waals surface area contributed by atoms with Crippen molar-refractivity contribution in [2.75, 3.05) is 0 Å². The number of aromatic nitrogens is 3. The van der Waals surface area contributed by atoms with Crippen molar-refractivity contribution < 1.29 is 19.1 Å². The molecule has 198 valence electrons. The molecule has 0 aliphatic carbocycles. The molecule has 5 rings (SSSR count). The van der Waals surface area contributed by atoms with E-state index in [-0.39, 0.29) is 25.2 Å². The van der Waals surface area contributed by atoms with Crippen LogP contribution in [0.25, 0.3) is 45.0 Å². The van der Waals surface area contributed by atoms with Gasteiger partial charge >= 0.3 is 11.9 Å². The number of carbonyl (C=O) groups excluding carboxylic acids is 2. The summed E-state index contributed by atoms with van der Waals surface area (Å²) >= 11 is 0. The molecule has 3 aromatic heterocycles. The fraction of sp³-hybridized carbons (Fsp3) is 0.121. The summed E-state index contributed by atoms with van der Waals surface area (Å²) in [6.07, 6.45) is 0. The van der Waals surface area contributed by atoms with Crippen molar-refractivity contribution >= 4 is 11.9 Å². The summed E-state index contributed by atoms with van der Waals surface area (Å²) in [5.41, 5.74) is 7.71. The number of pyridine rings is 3. The molecule has 0 bridgehead atoms. The molecule has 0 spiro atoms. The van der Waals surface area contributed by atoms with Gasteiger partial charge in [-0.15, -0.1) is 0 Å². The van der Waals surface area contributed by atoms with Gasteiger partial charge in [0.2, 0.25) is 0 Å². The van der Waals surface area contributed by atoms with Crippen LogP contribution in [-0.2, 0) is 32.3 Å². The molecular formula is C33H27N3O4. The maximum absolute atomic E-state index is 11.5. The smallest absolute Gasteiger partial charge is 0.303 e. The van der Waals surface area contributed by atoms with Gasteiger partial charge in [-0.2, -0.15) is 0 Å². The van der Waals surface area contributed by atoms with Gasteiger partial charge in [-0.3, -0.25) is 9.59 Å². The maximum Gasteiger partial charge on any atom is 0.303 e. The van der Waals surface area contributed by atoms with Gasteiger partial charge in [-0.05, 0) is 58.7 Å². The molecular weight excluding hydrogens is 502 g/mol. The van der Waals surface area contributed by atoms with Crippen LogP contribution in [0, 0.1) is 0 Å². The highest BCUT2D eigenvalue weighted by Crippen LogP contribution is 2.29. The van der Waals surface area contributed by atoms with Crippen LogP contribution in [0.2, 0.25) is 0 Å². The van der Waals surface area contributed by atoms with E-state index in [4.69, 9.17) is 24.4 Å². The van der Waals surface area contributed by atoms with Crippen LogP contribution in [0.3, 0.4) is 0 Å². The zero-order chi connectivity index (χ0) is 27.9. The Kier molecular flexibility index (Phi) is 8.02. The van der Waals surface area contributed by atoms with Crippen molar-refractivity contribution in [2.45, 2.75) is 27.1 Å². The Morgan fingerprint density at radius 1 is 0.500 bits per heavy atom. The summed E-state index contributed by atoms with van der Waals surface area (Å²) in [5, 5.41) is 0. The van der Waals surface area contributed by atoms with Gasteiger partial charge in [0.1, 0.15) is 13.2 Å². The molecule has 0 saturated heterocycles. The monoisotopic (exact) mass is 529 g/mol. The summed E-state index contributed by atoms with van der Waals surface area (Å²) in [5.74, 6) is -0.745. The Morgan fingerprint density at radius 2 is 0.925 bits per heavy atom. The lowest BCUT2D eigenvalue weighted by molar-refractivity contribution is -0.143. The summed E-state index contributed by atoms with van der Waals surface area (Å²) < 4.78 is 10.5. The SMILES string of the molecule is CC(=O)OCc1cc(-c2ccccc2)cc(-c2cccc(-c3cc(-c4ccccc4)cc(COC(C)=O)n3)n2)n1. The van der Waals surface area contributed by atoms with Crippen LogP contribution in [0.5, 0.6) is 0 Å². The molecule has 0 amide bonds. The molecule has 3 heterocycles. The first kappa shape index (κ1) is 26.4. The zero-order valence-electron chi connectivity index (χ0n) is 22.2. The van der Waals surface area contributed by atoms with Gasteiger partial charge in [0.15, 0.2) is 0 Å². The van der Waals surface area contributed by atoms with E-state index in [1.165, 1.54) is 13.8 Å². The molecule has 2 aromatic carbocycles. The predicted octanol–water partition coefficient (Wildman–Crippen LogP) is 6.67. The lowest BCUT2D eigenvalue weighted by atomic mass is 10.0. The Balaban J connectivity index is 1.58. The van der Waals surface area contributed by atoms with E-state index >= 15 is 0 Å². The second kappa shape index (κ2) is 12.1. The van der Waals surface area contributed by atoms with Crippen molar-refractivity contribution in [3.63, 3.8) is 0 Å². The van der Waals surface area contributed by atoms with E-state index in [1.807, 2.05) is 103 Å². The normalized spacial score (nSPS) is 10.7. The summed E-state index contributed by atoms with van der Waals surface area (Å²) in [6.45, 7) is 2.87. The van der Waals surface area contributed by atoms with Crippen LogP contribution in [-0.4, -0.2) is 26.9 Å². The summed E-state index contributed by atoms with van der Waals surface area (Å²) in [7, 11) is 0. The third kappa shape index (κ3) is 6.63. The van der Waals surface area contributed by atoms with E-state index < -0.39 is 0 Å². The second-order valence-corrected chi connectivity index (χ2v) is 9.17. The van der Waals surface area contributed by atoms with Gasteiger partial charge in [-0.25, -0.2) is 15.0 Å². The number of ether oxygens (including phenoxy) is 2. The van der Waals surface area contributed by atoms with Crippen molar-refractivity contribution in [1.29, 1.82) is 0 Å². The molecule has 40 heavy (non-hydrogen) atoms. The van der Waals surface area contributed by atoms with E-state index in [0.717, 1.165) is 22.3 Å². The van der Waals surface area contributed by atoms with Crippen LogP contribution in [0.15, 0.2) is 103 Å². The highest BCUT2D eigenvalue weighted by atomic mass is 16.5. The molecule has 0 aliphatic rings. The molecule has 7 heteroatoms. The maximum atomic E-state index is 11.5. The molecule has 0 N–H and O–H groups in total. The Hall–Kier alpha value is -5.17. The molecule has 0 fully saturated rings. The highest BCUT2D eigenvalue weighted by Gasteiger charge is 2.13. The first-order valence-corrected chi connectivity index (χ1v) is 12.8. The van der Waals surface area contributed by atoms with Crippen molar-refractivity contribution in [3.8, 4) is 45.0 Å². The number of carbonyl (C=O) groups is 2. The number of hydrogen-bond acceptors (Lipinski definition) is 7. The van der Waals surface area contributed by atoms with E-state index in [2.05, 4.69) is 0 Å². The van der Waals surface area contributed by atoms with Gasteiger partial charge < -0.3 is 9.47 Å². The lowest BCUT2D eigenvalue weighted by Gasteiger charge is -2.12. The average Bonchev–Trinajstić information content (AvgIpc) is 2.99. The number of rotatable bonds is 8. The molecule has 0 aliphatic heterocycles. The minimum absolute atomic E-state index is 0.0584. The predicted molar refractivity (Wildman–Crippen MR) is 153 cm³/mol. The van der Waals surface area contributed by atoms with Gasteiger partial charge in [0.05, 0.1) is 34.2 Å². The number of benzene rings is 2. The van der Waals surface area contributed by atoms with Crippen LogP contribution in [0.1, 0.15) is 25.2 Å². The Labute approximate surface area is 232 Å². The van der Waals surface area contributed by atoms with Crippen molar-refractivity contribution in [1.82, 2.24) is 15.0 Å². The van der Waals surface area contributed by atoms with Crippen molar-refractivity contribution in [3.05, 3.63) is 115 Å². The first-order chi connectivity index (χ1) is 19.4. The lowest BCUT2D eigenvalue weighted by Crippen LogP contribution is -2.03. The van der Waals surface area contributed by atoms with Crippen LogP contribution in [0.4, 0.5) is 0 Å². The average molecular weight is 530 g/mol.